The first-order chi connectivity index (χ1) is 7.65. The summed E-state index contributed by atoms with van der Waals surface area (Å²) in [6.45, 7) is 2.50. The average molecular weight is 221 g/mol. The van der Waals surface area contributed by atoms with E-state index in [4.69, 9.17) is 12.2 Å². The standard InChI is InChI=1S/C11H15N3O2/c1-4-6-7-14-8(5-2)13-9(10(14)12)11(15)16-3/h1H,5-7,12H2,2-3H3. The first-order valence-corrected chi connectivity index (χ1v) is 5.02. The molecule has 86 valence electrons. The predicted molar refractivity (Wildman–Crippen MR) is 60.8 cm³/mol. The van der Waals surface area contributed by atoms with Gasteiger partial charge >= 0.3 is 5.97 Å². The second kappa shape index (κ2) is 5.21. The molecule has 5 nitrogen and oxygen atoms in total. The molecule has 5 heteroatoms. The lowest BCUT2D eigenvalue weighted by Crippen LogP contribution is -2.09. The molecule has 0 atom stereocenters. The van der Waals surface area contributed by atoms with Crippen LogP contribution in [0.25, 0.3) is 0 Å². The third-order valence-corrected chi connectivity index (χ3v) is 2.26. The zero-order valence-corrected chi connectivity index (χ0v) is 9.49. The number of aryl methyl sites for hydroxylation is 1. The lowest BCUT2D eigenvalue weighted by Gasteiger charge is -2.05. The van der Waals surface area contributed by atoms with E-state index < -0.39 is 5.97 Å². The Labute approximate surface area is 94.6 Å². The van der Waals surface area contributed by atoms with Gasteiger partial charge in [0.2, 0.25) is 0 Å². The number of methoxy groups -OCH3 is 1. The van der Waals surface area contributed by atoms with Crippen LogP contribution in [0.15, 0.2) is 0 Å². The van der Waals surface area contributed by atoms with Crippen LogP contribution in [0.4, 0.5) is 5.82 Å². The Morgan fingerprint density at radius 2 is 2.38 bits per heavy atom. The molecule has 16 heavy (non-hydrogen) atoms. The van der Waals surface area contributed by atoms with E-state index in [-0.39, 0.29) is 5.69 Å². The largest absolute Gasteiger partial charge is 0.464 e. The number of nitrogens with two attached hydrogens (primary N) is 1. The normalized spacial score (nSPS) is 9.81. The highest BCUT2D eigenvalue weighted by Gasteiger charge is 2.19. The molecule has 0 saturated heterocycles. The molecule has 0 radical (unpaired) electrons. The predicted octanol–water partition coefficient (Wildman–Crippen LogP) is 0.838. The Kier molecular flexibility index (Phi) is 3.95. The van der Waals surface area contributed by atoms with Gasteiger partial charge < -0.3 is 15.0 Å². The minimum Gasteiger partial charge on any atom is -0.464 e. The number of aromatic nitrogens is 2. The number of nitrogens with zero attached hydrogens (tertiary/aromatic N) is 2. The molecule has 1 rings (SSSR count). The molecular weight excluding hydrogens is 206 g/mol. The molecule has 0 aromatic carbocycles. The van der Waals surface area contributed by atoms with Crippen molar-refractivity contribution in [2.45, 2.75) is 26.3 Å². The van der Waals surface area contributed by atoms with Crippen molar-refractivity contribution in [2.75, 3.05) is 12.8 Å². The smallest absolute Gasteiger partial charge is 0.360 e. The molecule has 1 aromatic rings. The lowest BCUT2D eigenvalue weighted by molar-refractivity contribution is 0.0595. The highest BCUT2D eigenvalue weighted by molar-refractivity contribution is 5.92. The minimum atomic E-state index is -0.522. The summed E-state index contributed by atoms with van der Waals surface area (Å²) in [4.78, 5) is 15.5. The van der Waals surface area contributed by atoms with Gasteiger partial charge in [-0.25, -0.2) is 9.78 Å². The van der Waals surface area contributed by atoms with Crippen molar-refractivity contribution in [1.82, 2.24) is 9.55 Å². The van der Waals surface area contributed by atoms with Crippen LogP contribution in [-0.4, -0.2) is 22.6 Å². The molecule has 0 saturated carbocycles. The van der Waals surface area contributed by atoms with E-state index in [1.54, 1.807) is 4.57 Å². The number of terminal acetylenes is 1. The van der Waals surface area contributed by atoms with Crippen molar-refractivity contribution >= 4 is 11.8 Å². The molecule has 0 fully saturated rings. The van der Waals surface area contributed by atoms with Gasteiger partial charge in [-0.15, -0.1) is 12.3 Å². The van der Waals surface area contributed by atoms with Crippen molar-refractivity contribution < 1.29 is 9.53 Å². The Morgan fingerprint density at radius 1 is 1.69 bits per heavy atom. The number of carbonyl (C=O) groups excluding carboxylic acids is 1. The van der Waals surface area contributed by atoms with Gasteiger partial charge in [0, 0.05) is 19.4 Å². The summed E-state index contributed by atoms with van der Waals surface area (Å²) >= 11 is 0. The molecule has 0 spiro atoms. The molecular formula is C11H15N3O2. The Bertz CT molecular complexity index is 429. The Balaban J connectivity index is 3.11. The fourth-order valence-electron chi connectivity index (χ4n) is 1.46. The quantitative estimate of drug-likeness (QED) is 0.604. The lowest BCUT2D eigenvalue weighted by atomic mass is 10.4. The minimum absolute atomic E-state index is 0.163. The maximum atomic E-state index is 11.4. The molecule has 1 aromatic heterocycles. The molecule has 2 N–H and O–H groups in total. The molecule has 1 heterocycles. The summed E-state index contributed by atoms with van der Waals surface area (Å²) in [6.07, 6.45) is 6.43. The molecule has 0 aliphatic heterocycles. The summed E-state index contributed by atoms with van der Waals surface area (Å²) in [7, 11) is 1.30. The summed E-state index contributed by atoms with van der Waals surface area (Å²) in [5, 5.41) is 0. The van der Waals surface area contributed by atoms with Crippen molar-refractivity contribution in [2.24, 2.45) is 0 Å². The number of hydrogen-bond donors (Lipinski definition) is 1. The molecule has 0 aliphatic carbocycles. The maximum Gasteiger partial charge on any atom is 0.360 e. The van der Waals surface area contributed by atoms with Gasteiger partial charge in [0.25, 0.3) is 0 Å². The van der Waals surface area contributed by atoms with Crippen LogP contribution < -0.4 is 5.73 Å². The first kappa shape index (κ1) is 12.1. The van der Waals surface area contributed by atoms with Crippen LogP contribution in [0.5, 0.6) is 0 Å². The number of nitrogen functional groups attached to an aromatic ring is 1. The maximum absolute atomic E-state index is 11.4. The zero-order valence-electron chi connectivity index (χ0n) is 9.49. The van der Waals surface area contributed by atoms with Gasteiger partial charge in [-0.2, -0.15) is 0 Å². The fourth-order valence-corrected chi connectivity index (χ4v) is 1.46. The van der Waals surface area contributed by atoms with Crippen LogP contribution in [-0.2, 0) is 17.7 Å². The fraction of sp³-hybridized carbons (Fsp3) is 0.455. The van der Waals surface area contributed by atoms with Gasteiger partial charge in [0.05, 0.1) is 7.11 Å². The summed E-state index contributed by atoms with van der Waals surface area (Å²) in [6, 6.07) is 0. The average Bonchev–Trinajstić information content (AvgIpc) is 2.62. The third kappa shape index (κ3) is 2.16. The van der Waals surface area contributed by atoms with E-state index >= 15 is 0 Å². The van der Waals surface area contributed by atoms with E-state index in [1.165, 1.54) is 7.11 Å². The van der Waals surface area contributed by atoms with Crippen LogP contribution in [0.3, 0.4) is 0 Å². The van der Waals surface area contributed by atoms with Gasteiger partial charge in [0.1, 0.15) is 11.6 Å². The number of anilines is 1. The van der Waals surface area contributed by atoms with Crippen molar-refractivity contribution in [1.29, 1.82) is 0 Å². The van der Waals surface area contributed by atoms with E-state index in [2.05, 4.69) is 15.6 Å². The number of carbonyl (C=O) groups is 1. The molecule has 0 amide bonds. The van der Waals surface area contributed by atoms with E-state index in [1.807, 2.05) is 6.92 Å². The summed E-state index contributed by atoms with van der Waals surface area (Å²) in [5.74, 6) is 3.07. The SMILES string of the molecule is C#CCCn1c(CC)nc(C(=O)OC)c1N. The molecule has 0 bridgehead atoms. The summed E-state index contributed by atoms with van der Waals surface area (Å²) in [5.41, 5.74) is 5.99. The number of imidazole rings is 1. The van der Waals surface area contributed by atoms with Crippen LogP contribution in [0.1, 0.15) is 29.7 Å². The van der Waals surface area contributed by atoms with E-state index in [9.17, 15) is 4.79 Å². The first-order valence-electron chi connectivity index (χ1n) is 5.02. The van der Waals surface area contributed by atoms with Gasteiger partial charge in [-0.05, 0) is 0 Å². The van der Waals surface area contributed by atoms with E-state index in [0.717, 1.165) is 5.82 Å². The summed E-state index contributed by atoms with van der Waals surface area (Å²) < 4.78 is 6.36. The van der Waals surface area contributed by atoms with E-state index in [0.29, 0.717) is 25.2 Å². The highest BCUT2D eigenvalue weighted by Crippen LogP contribution is 2.16. The molecule has 0 unspecified atom stereocenters. The van der Waals surface area contributed by atoms with Gasteiger partial charge in [0.15, 0.2) is 5.69 Å². The Morgan fingerprint density at radius 3 is 2.88 bits per heavy atom. The monoisotopic (exact) mass is 221 g/mol. The van der Waals surface area contributed by atoms with Crippen molar-refractivity contribution in [3.8, 4) is 12.3 Å². The van der Waals surface area contributed by atoms with Crippen LogP contribution in [0.2, 0.25) is 0 Å². The number of rotatable bonds is 4. The van der Waals surface area contributed by atoms with Crippen LogP contribution in [0, 0.1) is 12.3 Å². The third-order valence-electron chi connectivity index (χ3n) is 2.26. The van der Waals surface area contributed by atoms with Crippen molar-refractivity contribution in [3.05, 3.63) is 11.5 Å². The second-order valence-corrected chi connectivity index (χ2v) is 3.21. The van der Waals surface area contributed by atoms with Gasteiger partial charge in [-0.3, -0.25) is 0 Å². The number of hydrogen-bond acceptors (Lipinski definition) is 4. The second-order valence-electron chi connectivity index (χ2n) is 3.21. The number of ether oxygens (including phenoxy) is 1. The zero-order chi connectivity index (χ0) is 12.1. The van der Waals surface area contributed by atoms with Crippen molar-refractivity contribution in [3.63, 3.8) is 0 Å². The number of esters is 1. The highest BCUT2D eigenvalue weighted by atomic mass is 16.5. The molecule has 0 aliphatic rings. The van der Waals surface area contributed by atoms with Gasteiger partial charge in [-0.1, -0.05) is 6.92 Å². The van der Waals surface area contributed by atoms with Crippen LogP contribution >= 0.6 is 0 Å². The topological polar surface area (TPSA) is 70.1 Å². The Hall–Kier alpha value is -1.96.